The number of hydrogen-bond acceptors (Lipinski definition) is 2. The number of nitrogens with zero attached hydrogens (tertiary/aromatic N) is 1. The molecule has 3 heteroatoms. The van der Waals surface area contributed by atoms with Crippen molar-refractivity contribution in [3.8, 4) is 0 Å². The smallest absolute Gasteiger partial charge is 0.109 e. The fourth-order valence-corrected chi connectivity index (χ4v) is 1.92. The quantitative estimate of drug-likeness (QED) is 0.499. The fraction of sp³-hybridized carbons (Fsp3) is 0.0625. The maximum Gasteiger partial charge on any atom is 0.109 e. The molecule has 2 aromatic rings. The van der Waals surface area contributed by atoms with Crippen LogP contribution in [-0.4, -0.2) is 10.9 Å². The molecule has 0 atom stereocenters. The highest BCUT2D eigenvalue weighted by Crippen LogP contribution is 2.12. The number of oxime groups is 1. The fourth-order valence-electron chi connectivity index (χ4n) is 1.66. The highest BCUT2D eigenvalue weighted by molar-refractivity contribution is 9.10. The van der Waals surface area contributed by atoms with E-state index in [1.54, 1.807) is 6.08 Å². The van der Waals surface area contributed by atoms with Crippen LogP contribution in [0.5, 0.6) is 0 Å². The summed E-state index contributed by atoms with van der Waals surface area (Å²) in [4.78, 5) is 0. The van der Waals surface area contributed by atoms with Crippen LogP contribution < -0.4 is 0 Å². The standard InChI is InChI=1S/C16H14BrNO/c1-12-2-7-14(8-3-12)16(18-19)11-6-13-4-9-15(17)10-5-13/h2-11,19H,1H3/b11-6+,18-16+. The SMILES string of the molecule is Cc1ccc(C(/C=C/c2ccc(Br)cc2)=N/O)cc1. The van der Waals surface area contributed by atoms with Gasteiger partial charge in [0.1, 0.15) is 5.71 Å². The molecule has 0 saturated heterocycles. The summed E-state index contributed by atoms with van der Waals surface area (Å²) in [5.41, 5.74) is 3.67. The second kappa shape index (κ2) is 6.34. The maximum absolute atomic E-state index is 9.10. The van der Waals surface area contributed by atoms with Gasteiger partial charge in [0.15, 0.2) is 0 Å². The predicted octanol–water partition coefficient (Wildman–Crippen LogP) is 4.65. The minimum atomic E-state index is 0.544. The largest absolute Gasteiger partial charge is 0.410 e. The Morgan fingerprint density at radius 2 is 1.68 bits per heavy atom. The topological polar surface area (TPSA) is 32.6 Å². The number of aryl methyl sites for hydroxylation is 1. The average molecular weight is 316 g/mol. The number of halogens is 1. The van der Waals surface area contributed by atoms with Crippen molar-refractivity contribution in [2.24, 2.45) is 5.16 Å². The first kappa shape index (κ1) is 13.6. The highest BCUT2D eigenvalue weighted by Gasteiger charge is 1.99. The van der Waals surface area contributed by atoms with Crippen molar-refractivity contribution in [3.05, 3.63) is 75.8 Å². The van der Waals surface area contributed by atoms with Crippen molar-refractivity contribution in [2.45, 2.75) is 6.92 Å². The molecule has 2 aromatic carbocycles. The second-order valence-electron chi connectivity index (χ2n) is 4.24. The van der Waals surface area contributed by atoms with Crippen molar-refractivity contribution < 1.29 is 5.21 Å². The molecular formula is C16H14BrNO. The first-order valence-corrected chi connectivity index (χ1v) is 6.71. The molecule has 96 valence electrons. The molecule has 0 fully saturated rings. The second-order valence-corrected chi connectivity index (χ2v) is 5.15. The van der Waals surface area contributed by atoms with E-state index in [0.717, 1.165) is 15.6 Å². The van der Waals surface area contributed by atoms with Crippen molar-refractivity contribution in [3.63, 3.8) is 0 Å². The van der Waals surface area contributed by atoms with Crippen LogP contribution in [0.4, 0.5) is 0 Å². The zero-order valence-corrected chi connectivity index (χ0v) is 12.1. The van der Waals surface area contributed by atoms with Gasteiger partial charge in [0.25, 0.3) is 0 Å². The summed E-state index contributed by atoms with van der Waals surface area (Å²) in [5.74, 6) is 0. The van der Waals surface area contributed by atoms with Gasteiger partial charge < -0.3 is 5.21 Å². The van der Waals surface area contributed by atoms with Gasteiger partial charge in [0.05, 0.1) is 0 Å². The number of hydrogen-bond donors (Lipinski definition) is 1. The van der Waals surface area contributed by atoms with E-state index in [9.17, 15) is 0 Å². The average Bonchev–Trinajstić information content (AvgIpc) is 2.43. The lowest BCUT2D eigenvalue weighted by atomic mass is 10.1. The Kier molecular flexibility index (Phi) is 4.53. The predicted molar refractivity (Wildman–Crippen MR) is 82.7 cm³/mol. The van der Waals surface area contributed by atoms with Crippen LogP contribution in [0.15, 0.2) is 64.2 Å². The molecule has 0 aliphatic rings. The van der Waals surface area contributed by atoms with Gasteiger partial charge in [-0.15, -0.1) is 0 Å². The van der Waals surface area contributed by atoms with E-state index in [2.05, 4.69) is 21.1 Å². The molecule has 2 nitrogen and oxygen atoms in total. The molecule has 0 aliphatic heterocycles. The van der Waals surface area contributed by atoms with E-state index < -0.39 is 0 Å². The van der Waals surface area contributed by atoms with Gasteiger partial charge in [0.2, 0.25) is 0 Å². The van der Waals surface area contributed by atoms with Gasteiger partial charge in [-0.05, 0) is 30.7 Å². The van der Waals surface area contributed by atoms with Crippen LogP contribution in [0.2, 0.25) is 0 Å². The van der Waals surface area contributed by atoms with E-state index in [1.165, 1.54) is 5.56 Å². The van der Waals surface area contributed by atoms with Crippen LogP contribution in [0.25, 0.3) is 6.08 Å². The van der Waals surface area contributed by atoms with E-state index >= 15 is 0 Å². The van der Waals surface area contributed by atoms with Crippen LogP contribution in [0.1, 0.15) is 16.7 Å². The zero-order valence-electron chi connectivity index (χ0n) is 10.5. The van der Waals surface area contributed by atoms with Crippen molar-refractivity contribution >= 4 is 27.7 Å². The van der Waals surface area contributed by atoms with Gasteiger partial charge in [-0.2, -0.15) is 0 Å². The van der Waals surface area contributed by atoms with Crippen LogP contribution in [-0.2, 0) is 0 Å². The van der Waals surface area contributed by atoms with E-state index in [0.29, 0.717) is 5.71 Å². The third-order valence-corrected chi connectivity index (χ3v) is 3.29. The van der Waals surface area contributed by atoms with E-state index in [-0.39, 0.29) is 0 Å². The molecular weight excluding hydrogens is 302 g/mol. The Bertz CT molecular complexity index is 598. The lowest BCUT2D eigenvalue weighted by molar-refractivity contribution is 0.320. The normalized spacial score (nSPS) is 12.0. The molecule has 0 aliphatic carbocycles. The molecule has 0 unspecified atom stereocenters. The molecule has 1 N–H and O–H groups in total. The first-order chi connectivity index (χ1) is 9.19. The third-order valence-electron chi connectivity index (χ3n) is 2.76. The minimum absolute atomic E-state index is 0.544. The van der Waals surface area contributed by atoms with Crippen molar-refractivity contribution in [2.75, 3.05) is 0 Å². The molecule has 0 saturated carbocycles. The van der Waals surface area contributed by atoms with Crippen LogP contribution in [0, 0.1) is 6.92 Å². The molecule has 0 radical (unpaired) electrons. The zero-order chi connectivity index (χ0) is 13.7. The third kappa shape index (κ3) is 3.80. The summed E-state index contributed by atoms with van der Waals surface area (Å²) in [6.07, 6.45) is 3.72. The highest BCUT2D eigenvalue weighted by atomic mass is 79.9. The molecule has 2 rings (SSSR count). The van der Waals surface area contributed by atoms with Gasteiger partial charge in [-0.25, -0.2) is 0 Å². The summed E-state index contributed by atoms with van der Waals surface area (Å²) in [7, 11) is 0. The number of rotatable bonds is 3. The van der Waals surface area contributed by atoms with Gasteiger partial charge in [0, 0.05) is 10.0 Å². The lowest BCUT2D eigenvalue weighted by Gasteiger charge is -2.00. The van der Waals surface area contributed by atoms with Crippen molar-refractivity contribution in [1.82, 2.24) is 0 Å². The Morgan fingerprint density at radius 3 is 2.26 bits per heavy atom. The van der Waals surface area contributed by atoms with Gasteiger partial charge in [-0.1, -0.05) is 69.1 Å². The molecule has 0 spiro atoms. The summed E-state index contributed by atoms with van der Waals surface area (Å²) >= 11 is 3.39. The Labute approximate surface area is 121 Å². The molecule has 0 bridgehead atoms. The van der Waals surface area contributed by atoms with Crippen LogP contribution in [0.3, 0.4) is 0 Å². The maximum atomic E-state index is 9.10. The van der Waals surface area contributed by atoms with Crippen LogP contribution >= 0.6 is 15.9 Å². The molecule has 0 heterocycles. The monoisotopic (exact) mass is 315 g/mol. The van der Waals surface area contributed by atoms with Crippen molar-refractivity contribution in [1.29, 1.82) is 0 Å². The van der Waals surface area contributed by atoms with E-state index in [1.807, 2.05) is 61.5 Å². The first-order valence-electron chi connectivity index (χ1n) is 5.92. The minimum Gasteiger partial charge on any atom is -0.410 e. The van der Waals surface area contributed by atoms with Gasteiger partial charge in [-0.3, -0.25) is 0 Å². The van der Waals surface area contributed by atoms with E-state index in [4.69, 9.17) is 5.21 Å². The molecule has 19 heavy (non-hydrogen) atoms. The molecule has 0 amide bonds. The summed E-state index contributed by atoms with van der Waals surface area (Å²) in [6, 6.07) is 15.8. The Balaban J connectivity index is 2.20. The summed E-state index contributed by atoms with van der Waals surface area (Å²) < 4.78 is 1.04. The lowest BCUT2D eigenvalue weighted by Crippen LogP contribution is -1.96. The Morgan fingerprint density at radius 1 is 1.05 bits per heavy atom. The summed E-state index contributed by atoms with van der Waals surface area (Å²) in [6.45, 7) is 2.03. The molecule has 0 aromatic heterocycles. The number of allylic oxidation sites excluding steroid dienone is 1. The summed E-state index contributed by atoms with van der Waals surface area (Å²) in [5, 5.41) is 12.4. The number of benzene rings is 2. The Hall–Kier alpha value is -1.87. The van der Waals surface area contributed by atoms with Gasteiger partial charge >= 0.3 is 0 Å².